The Morgan fingerprint density at radius 2 is 1.94 bits per heavy atom. The molecule has 0 aliphatic heterocycles. The molecule has 1 aromatic carbocycles. The highest BCUT2D eigenvalue weighted by Gasteiger charge is 2.20. The Kier molecular flexibility index (Phi) is 4.36. The van der Waals surface area contributed by atoms with Crippen LogP contribution in [-0.2, 0) is 10.0 Å². The first-order valence-electron chi connectivity index (χ1n) is 4.13. The first-order valence-corrected chi connectivity index (χ1v) is 6.41. The van der Waals surface area contributed by atoms with Crippen molar-refractivity contribution in [2.75, 3.05) is 13.2 Å². The molecule has 0 heterocycles. The first-order chi connectivity index (χ1) is 7.38. The van der Waals surface area contributed by atoms with E-state index in [1.165, 1.54) is 0 Å². The Hall–Kier alpha value is -0.570. The maximum atomic E-state index is 13.3. The van der Waals surface area contributed by atoms with Crippen molar-refractivity contribution in [3.63, 3.8) is 0 Å². The summed E-state index contributed by atoms with van der Waals surface area (Å²) in [6.45, 7) is -0.695. The van der Waals surface area contributed by atoms with E-state index in [9.17, 15) is 17.2 Å². The minimum absolute atomic E-state index is 0.161. The summed E-state index contributed by atoms with van der Waals surface area (Å²) < 4.78 is 50.9. The van der Waals surface area contributed by atoms with E-state index in [0.717, 1.165) is 6.07 Å². The summed E-state index contributed by atoms with van der Waals surface area (Å²) >= 11 is 2.73. The molecule has 0 spiro atoms. The van der Waals surface area contributed by atoms with Crippen LogP contribution in [0.15, 0.2) is 21.5 Å². The highest BCUT2D eigenvalue weighted by Crippen LogP contribution is 2.22. The fourth-order valence-corrected chi connectivity index (χ4v) is 2.37. The van der Waals surface area contributed by atoms with Gasteiger partial charge in [-0.3, -0.25) is 0 Å². The third-order valence-electron chi connectivity index (χ3n) is 1.67. The lowest BCUT2D eigenvalue weighted by Crippen LogP contribution is -2.27. The standard InChI is InChI=1S/C8H8BrF2NO3S/c9-5-3-7(11)8(4-6(5)10)16(14,15)12-1-2-13/h3-4,12-13H,1-2H2. The van der Waals surface area contributed by atoms with E-state index < -0.39 is 33.2 Å². The van der Waals surface area contributed by atoms with Crippen LogP contribution in [0.3, 0.4) is 0 Å². The molecule has 0 aliphatic rings. The zero-order chi connectivity index (χ0) is 12.3. The molecule has 0 saturated carbocycles. The van der Waals surface area contributed by atoms with Gasteiger partial charge >= 0.3 is 0 Å². The average Bonchev–Trinajstić information content (AvgIpc) is 2.20. The monoisotopic (exact) mass is 315 g/mol. The maximum Gasteiger partial charge on any atom is 0.243 e. The highest BCUT2D eigenvalue weighted by atomic mass is 79.9. The Balaban J connectivity index is 3.18. The fourth-order valence-electron chi connectivity index (χ4n) is 0.968. The summed E-state index contributed by atoms with van der Waals surface area (Å²) in [5, 5.41) is 8.44. The molecule has 0 saturated heterocycles. The summed E-state index contributed by atoms with van der Waals surface area (Å²) in [5.74, 6) is -1.95. The number of hydrogen-bond acceptors (Lipinski definition) is 3. The van der Waals surface area contributed by atoms with Gasteiger partial charge in [0.05, 0.1) is 11.1 Å². The van der Waals surface area contributed by atoms with Crippen molar-refractivity contribution in [3.05, 3.63) is 28.2 Å². The number of benzene rings is 1. The number of hydrogen-bond donors (Lipinski definition) is 2. The van der Waals surface area contributed by atoms with Crippen molar-refractivity contribution in [2.45, 2.75) is 4.90 Å². The van der Waals surface area contributed by atoms with Gasteiger partial charge in [0.25, 0.3) is 0 Å². The molecule has 0 aromatic heterocycles. The van der Waals surface area contributed by atoms with Crippen LogP contribution in [0.25, 0.3) is 0 Å². The van der Waals surface area contributed by atoms with E-state index in [1.54, 1.807) is 0 Å². The fraction of sp³-hybridized carbons (Fsp3) is 0.250. The number of halogens is 3. The van der Waals surface area contributed by atoms with E-state index in [4.69, 9.17) is 5.11 Å². The van der Waals surface area contributed by atoms with Gasteiger partial charge < -0.3 is 5.11 Å². The van der Waals surface area contributed by atoms with Crippen LogP contribution in [0, 0.1) is 11.6 Å². The van der Waals surface area contributed by atoms with Gasteiger partial charge in [0.2, 0.25) is 10.0 Å². The Morgan fingerprint density at radius 3 is 2.50 bits per heavy atom. The largest absolute Gasteiger partial charge is 0.395 e. The molecule has 4 nitrogen and oxygen atoms in total. The van der Waals surface area contributed by atoms with Crippen LogP contribution < -0.4 is 4.72 Å². The molecular weight excluding hydrogens is 308 g/mol. The lowest BCUT2D eigenvalue weighted by molar-refractivity contribution is 0.301. The van der Waals surface area contributed by atoms with Gasteiger partial charge in [0, 0.05) is 6.54 Å². The molecule has 90 valence electrons. The van der Waals surface area contributed by atoms with Crippen LogP contribution in [-0.4, -0.2) is 26.7 Å². The van der Waals surface area contributed by atoms with E-state index >= 15 is 0 Å². The summed E-state index contributed by atoms with van der Waals surface area (Å²) in [6.07, 6.45) is 0. The molecule has 1 aromatic rings. The number of nitrogens with one attached hydrogen (secondary N) is 1. The predicted molar refractivity (Wildman–Crippen MR) is 56.3 cm³/mol. The number of aliphatic hydroxyl groups excluding tert-OH is 1. The zero-order valence-electron chi connectivity index (χ0n) is 7.87. The smallest absolute Gasteiger partial charge is 0.243 e. The average molecular weight is 316 g/mol. The molecule has 16 heavy (non-hydrogen) atoms. The number of rotatable bonds is 4. The molecule has 8 heteroatoms. The van der Waals surface area contributed by atoms with Crippen molar-refractivity contribution in [1.82, 2.24) is 4.72 Å². The summed E-state index contributed by atoms with van der Waals surface area (Å²) in [4.78, 5) is -0.790. The molecule has 0 fully saturated rings. The van der Waals surface area contributed by atoms with E-state index in [1.807, 2.05) is 4.72 Å². The Morgan fingerprint density at radius 1 is 1.31 bits per heavy atom. The van der Waals surface area contributed by atoms with Gasteiger partial charge in [-0.15, -0.1) is 0 Å². The molecular formula is C8H8BrF2NO3S. The summed E-state index contributed by atoms with van der Waals surface area (Å²) in [7, 11) is -4.14. The van der Waals surface area contributed by atoms with Crippen LogP contribution in [0.5, 0.6) is 0 Å². The summed E-state index contributed by atoms with van der Waals surface area (Å²) in [6, 6.07) is 1.29. The van der Waals surface area contributed by atoms with Crippen LogP contribution in [0.1, 0.15) is 0 Å². The molecule has 1 rings (SSSR count). The van der Waals surface area contributed by atoms with Crippen molar-refractivity contribution in [3.8, 4) is 0 Å². The lowest BCUT2D eigenvalue weighted by atomic mass is 10.3. The van der Waals surface area contributed by atoms with Gasteiger partial charge in [0.1, 0.15) is 16.5 Å². The zero-order valence-corrected chi connectivity index (χ0v) is 10.3. The topological polar surface area (TPSA) is 66.4 Å². The van der Waals surface area contributed by atoms with Gasteiger partial charge in [0.15, 0.2) is 0 Å². The third-order valence-corrected chi connectivity index (χ3v) is 3.75. The second-order valence-electron chi connectivity index (χ2n) is 2.82. The molecule has 0 bridgehead atoms. The quantitative estimate of drug-likeness (QED) is 0.815. The van der Waals surface area contributed by atoms with Gasteiger partial charge in [-0.2, -0.15) is 0 Å². The molecule has 0 unspecified atom stereocenters. The second-order valence-corrected chi connectivity index (χ2v) is 5.41. The Bertz CT molecular complexity index is 492. The minimum atomic E-state index is -4.14. The normalized spacial score (nSPS) is 11.8. The molecule has 2 N–H and O–H groups in total. The Labute approximate surface area is 99.5 Å². The first kappa shape index (κ1) is 13.5. The molecule has 0 atom stereocenters. The molecule has 0 amide bonds. The van der Waals surface area contributed by atoms with Crippen LogP contribution in [0.4, 0.5) is 8.78 Å². The molecule has 0 radical (unpaired) electrons. The lowest BCUT2D eigenvalue weighted by Gasteiger charge is -2.07. The SMILES string of the molecule is O=S(=O)(NCCO)c1cc(F)c(Br)cc1F. The van der Waals surface area contributed by atoms with E-state index in [-0.39, 0.29) is 11.0 Å². The van der Waals surface area contributed by atoms with Gasteiger partial charge in [-0.05, 0) is 28.1 Å². The van der Waals surface area contributed by atoms with E-state index in [0.29, 0.717) is 6.07 Å². The third kappa shape index (κ3) is 2.97. The van der Waals surface area contributed by atoms with Gasteiger partial charge in [-0.1, -0.05) is 0 Å². The van der Waals surface area contributed by atoms with Crippen LogP contribution >= 0.6 is 15.9 Å². The van der Waals surface area contributed by atoms with Crippen molar-refractivity contribution >= 4 is 26.0 Å². The summed E-state index contributed by atoms with van der Waals surface area (Å²) in [5.41, 5.74) is 0. The van der Waals surface area contributed by atoms with Crippen molar-refractivity contribution in [1.29, 1.82) is 0 Å². The second kappa shape index (κ2) is 5.17. The van der Waals surface area contributed by atoms with E-state index in [2.05, 4.69) is 15.9 Å². The minimum Gasteiger partial charge on any atom is -0.395 e. The maximum absolute atomic E-state index is 13.3. The van der Waals surface area contributed by atoms with Crippen molar-refractivity contribution in [2.24, 2.45) is 0 Å². The van der Waals surface area contributed by atoms with Crippen molar-refractivity contribution < 1.29 is 22.3 Å². The number of sulfonamides is 1. The van der Waals surface area contributed by atoms with Crippen LogP contribution in [0.2, 0.25) is 0 Å². The van der Waals surface area contributed by atoms with Gasteiger partial charge in [-0.25, -0.2) is 21.9 Å². The number of aliphatic hydroxyl groups is 1. The highest BCUT2D eigenvalue weighted by molar-refractivity contribution is 9.10. The molecule has 0 aliphatic carbocycles. The predicted octanol–water partition coefficient (Wildman–Crippen LogP) is 0.998.